The Morgan fingerprint density at radius 3 is 2.67 bits per heavy atom. The van der Waals surface area contributed by atoms with Gasteiger partial charge in [-0.3, -0.25) is 4.98 Å². The standard InChI is InChI=1S/C14H18N4/c1-17-7-4-12(5-8-17)14-3-2-13(10-16-14)18-9-6-15-11-18/h2-3,6,9-12H,4-5,7-8H2,1H3. The van der Waals surface area contributed by atoms with Gasteiger partial charge >= 0.3 is 0 Å². The summed E-state index contributed by atoms with van der Waals surface area (Å²) >= 11 is 0. The van der Waals surface area contributed by atoms with E-state index in [1.165, 1.54) is 31.6 Å². The maximum absolute atomic E-state index is 4.62. The lowest BCUT2D eigenvalue weighted by Crippen LogP contribution is -2.29. The van der Waals surface area contributed by atoms with Crippen molar-refractivity contribution in [1.29, 1.82) is 0 Å². The molecule has 4 nitrogen and oxygen atoms in total. The van der Waals surface area contributed by atoms with Crippen LogP contribution in [0.1, 0.15) is 24.5 Å². The van der Waals surface area contributed by atoms with Crippen LogP contribution in [-0.2, 0) is 0 Å². The molecule has 0 aromatic carbocycles. The Hall–Kier alpha value is -1.68. The summed E-state index contributed by atoms with van der Waals surface area (Å²) in [4.78, 5) is 11.1. The average molecular weight is 242 g/mol. The minimum atomic E-state index is 0.623. The van der Waals surface area contributed by atoms with Gasteiger partial charge in [0.25, 0.3) is 0 Å². The smallest absolute Gasteiger partial charge is 0.0992 e. The SMILES string of the molecule is CN1CCC(c2ccc(-n3ccnc3)cn2)CC1. The average Bonchev–Trinajstić information content (AvgIpc) is 2.94. The predicted molar refractivity (Wildman–Crippen MR) is 70.8 cm³/mol. The first-order valence-corrected chi connectivity index (χ1v) is 6.46. The van der Waals surface area contributed by atoms with E-state index in [0.29, 0.717) is 5.92 Å². The molecule has 0 unspecified atom stereocenters. The molecule has 0 bridgehead atoms. The number of rotatable bonds is 2. The van der Waals surface area contributed by atoms with Crippen LogP contribution in [0.5, 0.6) is 0 Å². The maximum atomic E-state index is 4.62. The van der Waals surface area contributed by atoms with Gasteiger partial charge in [0.15, 0.2) is 0 Å². The summed E-state index contributed by atoms with van der Waals surface area (Å²) in [6.45, 7) is 2.35. The highest BCUT2D eigenvalue weighted by molar-refractivity contribution is 5.30. The van der Waals surface area contributed by atoms with E-state index in [0.717, 1.165) is 5.69 Å². The van der Waals surface area contributed by atoms with Gasteiger partial charge in [-0.05, 0) is 45.1 Å². The molecule has 0 amide bonds. The number of hydrogen-bond acceptors (Lipinski definition) is 3. The summed E-state index contributed by atoms with van der Waals surface area (Å²) in [6, 6.07) is 4.29. The van der Waals surface area contributed by atoms with Crippen molar-refractivity contribution in [3.05, 3.63) is 42.7 Å². The highest BCUT2D eigenvalue weighted by Gasteiger charge is 2.19. The molecular weight excluding hydrogens is 224 g/mol. The number of piperidine rings is 1. The van der Waals surface area contributed by atoms with Gasteiger partial charge in [0.05, 0.1) is 18.2 Å². The first-order valence-electron chi connectivity index (χ1n) is 6.46. The van der Waals surface area contributed by atoms with Crippen molar-refractivity contribution in [3.63, 3.8) is 0 Å². The minimum Gasteiger partial charge on any atom is -0.306 e. The van der Waals surface area contributed by atoms with Gasteiger partial charge in [-0.1, -0.05) is 0 Å². The topological polar surface area (TPSA) is 34.0 Å². The first-order chi connectivity index (χ1) is 8.83. The number of hydrogen-bond donors (Lipinski definition) is 0. The van der Waals surface area contributed by atoms with Crippen molar-refractivity contribution in [2.24, 2.45) is 0 Å². The molecule has 1 saturated heterocycles. The van der Waals surface area contributed by atoms with Crippen LogP contribution < -0.4 is 0 Å². The van der Waals surface area contributed by atoms with Crippen LogP contribution in [0.25, 0.3) is 5.69 Å². The zero-order valence-corrected chi connectivity index (χ0v) is 10.7. The lowest BCUT2D eigenvalue weighted by molar-refractivity contribution is 0.253. The van der Waals surface area contributed by atoms with Gasteiger partial charge in [0.2, 0.25) is 0 Å². The largest absolute Gasteiger partial charge is 0.306 e. The summed E-state index contributed by atoms with van der Waals surface area (Å²) in [7, 11) is 2.19. The third kappa shape index (κ3) is 2.29. The van der Waals surface area contributed by atoms with Gasteiger partial charge in [-0.15, -0.1) is 0 Å². The number of aromatic nitrogens is 3. The van der Waals surface area contributed by atoms with Crippen LogP contribution in [-0.4, -0.2) is 39.6 Å². The van der Waals surface area contributed by atoms with Crippen molar-refractivity contribution >= 4 is 0 Å². The van der Waals surface area contributed by atoms with Crippen LogP contribution in [0.4, 0.5) is 0 Å². The number of imidazole rings is 1. The van der Waals surface area contributed by atoms with Crippen molar-refractivity contribution < 1.29 is 0 Å². The normalized spacial score (nSPS) is 18.1. The van der Waals surface area contributed by atoms with Crippen molar-refractivity contribution in [2.45, 2.75) is 18.8 Å². The molecular formula is C14H18N4. The highest BCUT2D eigenvalue weighted by Crippen LogP contribution is 2.26. The van der Waals surface area contributed by atoms with E-state index in [1.54, 1.807) is 12.5 Å². The second-order valence-electron chi connectivity index (χ2n) is 4.99. The predicted octanol–water partition coefficient (Wildman–Crippen LogP) is 2.08. The highest BCUT2D eigenvalue weighted by atomic mass is 15.1. The zero-order chi connectivity index (χ0) is 12.4. The Labute approximate surface area is 107 Å². The molecule has 18 heavy (non-hydrogen) atoms. The molecule has 0 radical (unpaired) electrons. The Kier molecular flexibility index (Phi) is 3.11. The molecule has 4 heteroatoms. The van der Waals surface area contributed by atoms with Gasteiger partial charge < -0.3 is 9.47 Å². The summed E-state index contributed by atoms with van der Waals surface area (Å²) in [5, 5.41) is 0. The van der Waals surface area contributed by atoms with Gasteiger partial charge in [0.1, 0.15) is 0 Å². The number of nitrogens with zero attached hydrogens (tertiary/aromatic N) is 4. The molecule has 94 valence electrons. The lowest BCUT2D eigenvalue weighted by Gasteiger charge is -2.28. The fourth-order valence-corrected chi connectivity index (χ4v) is 2.51. The van der Waals surface area contributed by atoms with E-state index < -0.39 is 0 Å². The maximum Gasteiger partial charge on any atom is 0.0992 e. The monoisotopic (exact) mass is 242 g/mol. The van der Waals surface area contributed by atoms with Crippen molar-refractivity contribution in [1.82, 2.24) is 19.4 Å². The third-order valence-corrected chi connectivity index (χ3v) is 3.71. The van der Waals surface area contributed by atoms with Crippen molar-refractivity contribution in [3.8, 4) is 5.69 Å². The minimum absolute atomic E-state index is 0.623. The summed E-state index contributed by atoms with van der Waals surface area (Å²) < 4.78 is 1.98. The fraction of sp³-hybridized carbons (Fsp3) is 0.429. The molecule has 0 N–H and O–H groups in total. The molecule has 2 aromatic heterocycles. The molecule has 1 aliphatic rings. The molecule has 0 spiro atoms. The van der Waals surface area contributed by atoms with Crippen LogP contribution in [0, 0.1) is 0 Å². The van der Waals surface area contributed by atoms with E-state index in [9.17, 15) is 0 Å². The van der Waals surface area contributed by atoms with E-state index in [1.807, 2.05) is 17.0 Å². The molecule has 0 atom stereocenters. The van der Waals surface area contributed by atoms with Gasteiger partial charge in [-0.2, -0.15) is 0 Å². The van der Waals surface area contributed by atoms with Crippen LogP contribution in [0.15, 0.2) is 37.1 Å². The molecule has 3 heterocycles. The van der Waals surface area contributed by atoms with Crippen molar-refractivity contribution in [2.75, 3.05) is 20.1 Å². The molecule has 3 rings (SSSR count). The Morgan fingerprint density at radius 2 is 2.06 bits per heavy atom. The molecule has 1 aliphatic heterocycles. The number of pyridine rings is 1. The zero-order valence-electron chi connectivity index (χ0n) is 10.7. The Balaban J connectivity index is 1.75. The lowest BCUT2D eigenvalue weighted by atomic mass is 9.93. The third-order valence-electron chi connectivity index (χ3n) is 3.71. The number of likely N-dealkylation sites (tertiary alicyclic amines) is 1. The van der Waals surface area contributed by atoms with E-state index in [-0.39, 0.29) is 0 Å². The summed E-state index contributed by atoms with van der Waals surface area (Å²) in [5.41, 5.74) is 2.30. The van der Waals surface area contributed by atoms with Crippen LogP contribution in [0.3, 0.4) is 0 Å². The molecule has 1 fully saturated rings. The van der Waals surface area contributed by atoms with Crippen LogP contribution >= 0.6 is 0 Å². The quantitative estimate of drug-likeness (QED) is 0.808. The summed E-state index contributed by atoms with van der Waals surface area (Å²) in [5.74, 6) is 0.623. The van der Waals surface area contributed by atoms with Crippen LogP contribution in [0.2, 0.25) is 0 Å². The van der Waals surface area contributed by atoms with Gasteiger partial charge in [-0.25, -0.2) is 4.98 Å². The summed E-state index contributed by atoms with van der Waals surface area (Å²) in [6.07, 6.45) is 9.89. The molecule has 0 aliphatic carbocycles. The fourth-order valence-electron chi connectivity index (χ4n) is 2.51. The van der Waals surface area contributed by atoms with E-state index in [4.69, 9.17) is 0 Å². The van der Waals surface area contributed by atoms with E-state index in [2.05, 4.69) is 34.0 Å². The Bertz CT molecular complexity index is 481. The second kappa shape index (κ2) is 4.90. The van der Waals surface area contributed by atoms with Gasteiger partial charge in [0, 0.05) is 24.0 Å². The Morgan fingerprint density at radius 1 is 1.22 bits per heavy atom. The van der Waals surface area contributed by atoms with E-state index >= 15 is 0 Å². The second-order valence-corrected chi connectivity index (χ2v) is 4.99. The molecule has 2 aromatic rings. The first kappa shape index (κ1) is 11.4. The molecule has 0 saturated carbocycles.